The molecule has 0 aromatic heterocycles. The highest BCUT2D eigenvalue weighted by molar-refractivity contribution is 5.94. The van der Waals surface area contributed by atoms with E-state index in [2.05, 4.69) is 43.4 Å². The first kappa shape index (κ1) is 15.3. The van der Waals surface area contributed by atoms with Crippen molar-refractivity contribution in [1.29, 1.82) is 0 Å². The summed E-state index contributed by atoms with van der Waals surface area (Å²) < 4.78 is 0. The average molecular weight is 281 g/mol. The van der Waals surface area contributed by atoms with Crippen molar-refractivity contribution in [3.8, 4) is 0 Å². The first-order valence-corrected chi connectivity index (χ1v) is 7.50. The fraction of sp³-hybridized carbons (Fsp3) is 0.316. The summed E-state index contributed by atoms with van der Waals surface area (Å²) in [5.41, 5.74) is 4.43. The zero-order valence-corrected chi connectivity index (χ0v) is 13.0. The Bertz CT molecular complexity index is 599. The molecule has 2 aromatic rings. The molecule has 1 N–H and O–H groups in total. The number of benzene rings is 2. The predicted molar refractivity (Wildman–Crippen MR) is 87.7 cm³/mol. The van der Waals surface area contributed by atoms with Gasteiger partial charge in [-0.15, -0.1) is 0 Å². The standard InChI is InChI=1S/C19H23NO/c1-14(2)17-9-7-16(8-10-17)11-12-20-19(21)18-6-4-5-15(3)13-18/h4-10,13-14H,11-12H2,1-3H3,(H,20,21). The second-order valence-corrected chi connectivity index (χ2v) is 5.77. The highest BCUT2D eigenvalue weighted by atomic mass is 16.1. The fourth-order valence-corrected chi connectivity index (χ4v) is 2.28. The van der Waals surface area contributed by atoms with E-state index in [1.807, 2.05) is 31.2 Å². The largest absolute Gasteiger partial charge is 0.352 e. The lowest BCUT2D eigenvalue weighted by Gasteiger charge is -2.08. The van der Waals surface area contributed by atoms with Crippen molar-refractivity contribution >= 4 is 5.91 Å². The first-order chi connectivity index (χ1) is 10.1. The maximum Gasteiger partial charge on any atom is 0.251 e. The maximum absolute atomic E-state index is 12.0. The van der Waals surface area contributed by atoms with E-state index in [0.717, 1.165) is 17.5 Å². The summed E-state index contributed by atoms with van der Waals surface area (Å²) in [7, 11) is 0. The van der Waals surface area contributed by atoms with Crippen molar-refractivity contribution in [2.75, 3.05) is 6.54 Å². The van der Waals surface area contributed by atoms with E-state index < -0.39 is 0 Å². The third kappa shape index (κ3) is 4.45. The van der Waals surface area contributed by atoms with Gasteiger partial charge in [-0.2, -0.15) is 0 Å². The molecule has 0 saturated heterocycles. The molecule has 0 bridgehead atoms. The number of amides is 1. The van der Waals surface area contributed by atoms with Crippen molar-refractivity contribution in [1.82, 2.24) is 5.32 Å². The maximum atomic E-state index is 12.0. The molecule has 2 heteroatoms. The number of rotatable bonds is 5. The number of carbonyl (C=O) groups is 1. The van der Waals surface area contributed by atoms with Crippen LogP contribution >= 0.6 is 0 Å². The topological polar surface area (TPSA) is 29.1 Å². The quantitative estimate of drug-likeness (QED) is 0.878. The Hall–Kier alpha value is -2.09. The summed E-state index contributed by atoms with van der Waals surface area (Å²) >= 11 is 0. The van der Waals surface area contributed by atoms with Gasteiger partial charge in [-0.1, -0.05) is 55.8 Å². The molecule has 0 aliphatic heterocycles. The van der Waals surface area contributed by atoms with Crippen LogP contribution in [0, 0.1) is 6.92 Å². The molecule has 0 spiro atoms. The third-order valence-electron chi connectivity index (χ3n) is 3.63. The first-order valence-electron chi connectivity index (χ1n) is 7.50. The van der Waals surface area contributed by atoms with Crippen LogP contribution < -0.4 is 5.32 Å². The Morgan fingerprint density at radius 1 is 1.10 bits per heavy atom. The summed E-state index contributed by atoms with van der Waals surface area (Å²) in [5.74, 6) is 0.553. The molecule has 2 nitrogen and oxygen atoms in total. The van der Waals surface area contributed by atoms with Crippen molar-refractivity contribution in [3.63, 3.8) is 0 Å². The monoisotopic (exact) mass is 281 g/mol. The van der Waals surface area contributed by atoms with Gasteiger partial charge in [-0.25, -0.2) is 0 Å². The number of carbonyl (C=O) groups excluding carboxylic acids is 1. The van der Waals surface area contributed by atoms with Crippen LogP contribution in [0.2, 0.25) is 0 Å². The van der Waals surface area contributed by atoms with Gasteiger partial charge in [0.05, 0.1) is 0 Å². The Morgan fingerprint density at radius 3 is 2.43 bits per heavy atom. The lowest BCUT2D eigenvalue weighted by atomic mass is 10.0. The van der Waals surface area contributed by atoms with E-state index in [1.165, 1.54) is 11.1 Å². The Morgan fingerprint density at radius 2 is 1.81 bits per heavy atom. The average Bonchev–Trinajstić information content (AvgIpc) is 2.47. The summed E-state index contributed by atoms with van der Waals surface area (Å²) in [6.45, 7) is 7.04. The van der Waals surface area contributed by atoms with Crippen LogP contribution in [-0.2, 0) is 6.42 Å². The minimum atomic E-state index is -0.00231. The molecular weight excluding hydrogens is 258 g/mol. The fourth-order valence-electron chi connectivity index (χ4n) is 2.28. The van der Waals surface area contributed by atoms with Crippen LogP contribution in [0.1, 0.15) is 46.8 Å². The molecule has 0 heterocycles. The Labute approximate surface area is 127 Å². The second kappa shape index (κ2) is 7.07. The van der Waals surface area contributed by atoms with Gasteiger partial charge < -0.3 is 5.32 Å². The zero-order chi connectivity index (χ0) is 15.2. The molecule has 0 radical (unpaired) electrons. The van der Waals surface area contributed by atoms with E-state index in [0.29, 0.717) is 12.5 Å². The van der Waals surface area contributed by atoms with Gasteiger partial charge in [-0.3, -0.25) is 4.79 Å². The van der Waals surface area contributed by atoms with Crippen molar-refractivity contribution in [2.24, 2.45) is 0 Å². The van der Waals surface area contributed by atoms with Gasteiger partial charge in [0, 0.05) is 12.1 Å². The zero-order valence-electron chi connectivity index (χ0n) is 13.0. The van der Waals surface area contributed by atoms with E-state index >= 15 is 0 Å². The molecule has 0 atom stereocenters. The smallest absolute Gasteiger partial charge is 0.251 e. The van der Waals surface area contributed by atoms with E-state index in [1.54, 1.807) is 0 Å². The van der Waals surface area contributed by atoms with Crippen LogP contribution in [0.3, 0.4) is 0 Å². The molecule has 110 valence electrons. The van der Waals surface area contributed by atoms with E-state index in [-0.39, 0.29) is 5.91 Å². The molecule has 2 rings (SSSR count). The van der Waals surface area contributed by atoms with Gasteiger partial charge in [-0.05, 0) is 42.5 Å². The summed E-state index contributed by atoms with van der Waals surface area (Å²) in [6.07, 6.45) is 0.857. The Balaban J connectivity index is 1.85. The van der Waals surface area contributed by atoms with Crippen LogP contribution in [0.25, 0.3) is 0 Å². The highest BCUT2D eigenvalue weighted by Crippen LogP contribution is 2.14. The molecule has 1 amide bonds. The van der Waals surface area contributed by atoms with Gasteiger partial charge in [0.15, 0.2) is 0 Å². The van der Waals surface area contributed by atoms with E-state index in [9.17, 15) is 4.79 Å². The minimum absolute atomic E-state index is 0.00231. The predicted octanol–water partition coefficient (Wildman–Crippen LogP) is 4.09. The van der Waals surface area contributed by atoms with Gasteiger partial charge >= 0.3 is 0 Å². The molecule has 0 unspecified atom stereocenters. The van der Waals surface area contributed by atoms with Gasteiger partial charge in [0.25, 0.3) is 5.91 Å². The summed E-state index contributed by atoms with van der Waals surface area (Å²) in [6, 6.07) is 16.3. The molecule has 2 aromatic carbocycles. The summed E-state index contributed by atoms with van der Waals surface area (Å²) in [4.78, 5) is 12.0. The van der Waals surface area contributed by atoms with Gasteiger partial charge in [0.2, 0.25) is 0 Å². The molecular formula is C19H23NO. The second-order valence-electron chi connectivity index (χ2n) is 5.77. The highest BCUT2D eigenvalue weighted by Gasteiger charge is 2.05. The molecule has 21 heavy (non-hydrogen) atoms. The molecule has 0 fully saturated rings. The van der Waals surface area contributed by atoms with Crippen molar-refractivity contribution < 1.29 is 4.79 Å². The third-order valence-corrected chi connectivity index (χ3v) is 3.63. The van der Waals surface area contributed by atoms with Crippen molar-refractivity contribution in [3.05, 3.63) is 70.8 Å². The summed E-state index contributed by atoms with van der Waals surface area (Å²) in [5, 5.41) is 2.97. The van der Waals surface area contributed by atoms with Gasteiger partial charge in [0.1, 0.15) is 0 Å². The number of nitrogens with one attached hydrogen (secondary N) is 1. The molecule has 0 aliphatic rings. The number of hydrogen-bond donors (Lipinski definition) is 1. The lowest BCUT2D eigenvalue weighted by Crippen LogP contribution is -2.25. The van der Waals surface area contributed by atoms with Crippen molar-refractivity contribution in [2.45, 2.75) is 33.1 Å². The molecule has 0 saturated carbocycles. The number of aryl methyl sites for hydroxylation is 1. The van der Waals surface area contributed by atoms with Crippen LogP contribution in [0.4, 0.5) is 0 Å². The van der Waals surface area contributed by atoms with Crippen LogP contribution in [-0.4, -0.2) is 12.5 Å². The Kier molecular flexibility index (Phi) is 5.15. The molecule has 0 aliphatic carbocycles. The minimum Gasteiger partial charge on any atom is -0.352 e. The van der Waals surface area contributed by atoms with E-state index in [4.69, 9.17) is 0 Å². The SMILES string of the molecule is Cc1cccc(C(=O)NCCc2ccc(C(C)C)cc2)c1. The number of hydrogen-bond acceptors (Lipinski definition) is 1. The van der Waals surface area contributed by atoms with Crippen LogP contribution in [0.5, 0.6) is 0 Å². The lowest BCUT2D eigenvalue weighted by molar-refractivity contribution is 0.0954. The normalized spacial score (nSPS) is 10.7. The van der Waals surface area contributed by atoms with Crippen LogP contribution in [0.15, 0.2) is 48.5 Å².